The molecule has 3 rings (SSSR count). The molecule has 0 aliphatic carbocycles. The molecule has 1 saturated heterocycles. The Morgan fingerprint density at radius 1 is 1.30 bits per heavy atom. The lowest BCUT2D eigenvalue weighted by Gasteiger charge is -2.17. The quantitative estimate of drug-likeness (QED) is 0.466. The minimum absolute atomic E-state index is 0.443. The molecule has 0 spiro atoms. The van der Waals surface area contributed by atoms with Crippen molar-refractivity contribution in [1.29, 1.82) is 0 Å². The van der Waals surface area contributed by atoms with Crippen LogP contribution in [-0.2, 0) is 4.74 Å². The predicted molar refractivity (Wildman–Crippen MR) is 69.5 cm³/mol. The van der Waals surface area contributed by atoms with Gasteiger partial charge in [0.2, 0.25) is 17.2 Å². The Balaban J connectivity index is 2.18. The molecule has 9 nitrogen and oxygen atoms in total. The van der Waals surface area contributed by atoms with Crippen LogP contribution in [0.2, 0.25) is 0 Å². The number of halogens is 2. The highest BCUT2D eigenvalue weighted by molar-refractivity contribution is 5.72. The van der Waals surface area contributed by atoms with Crippen LogP contribution in [0.3, 0.4) is 0 Å². The number of aliphatic hydroxyl groups is 3. The fourth-order valence-corrected chi connectivity index (χ4v) is 2.40. The summed E-state index contributed by atoms with van der Waals surface area (Å²) in [4.78, 5) is 28.9. The summed E-state index contributed by atoms with van der Waals surface area (Å²) in [6.07, 6.45) is -4.82. The van der Waals surface area contributed by atoms with Crippen molar-refractivity contribution in [2.24, 2.45) is 0 Å². The zero-order chi connectivity index (χ0) is 16.9. The minimum Gasteiger partial charge on any atom is -0.394 e. The number of aromatic nitrogens is 3. The summed E-state index contributed by atoms with van der Waals surface area (Å²) in [6, 6.07) is 0. The fraction of sp³-hybridized carbons (Fsp3) is 0.417. The van der Waals surface area contributed by atoms with E-state index in [-0.39, 0.29) is 0 Å². The number of hydrogen-bond acceptors (Lipinski definition) is 7. The summed E-state index contributed by atoms with van der Waals surface area (Å²) in [5.41, 5.74) is -2.83. The first-order valence-electron chi connectivity index (χ1n) is 6.47. The number of pyridine rings is 1. The van der Waals surface area contributed by atoms with Crippen molar-refractivity contribution in [3.63, 3.8) is 0 Å². The Labute approximate surface area is 125 Å². The zero-order valence-electron chi connectivity index (χ0n) is 11.3. The predicted octanol–water partition coefficient (Wildman–Crippen LogP) is -2.03. The number of rotatable bonds is 2. The second kappa shape index (κ2) is 5.45. The number of aliphatic hydroxyl groups excluding tert-OH is 3. The maximum atomic E-state index is 13.3. The molecule has 23 heavy (non-hydrogen) atoms. The van der Waals surface area contributed by atoms with Gasteiger partial charge in [0.1, 0.15) is 18.3 Å². The summed E-state index contributed by atoms with van der Waals surface area (Å²) in [5, 5.41) is 28.1. The molecule has 11 heteroatoms. The SMILES string of the molecule is O=c1c(F)c(F)[nH]c2nc(=O)n([C@@H]3O[C@H](CO)C(O)[C@@H]3O)cc12. The van der Waals surface area contributed by atoms with E-state index in [1.165, 1.54) is 0 Å². The van der Waals surface area contributed by atoms with Crippen molar-refractivity contribution in [3.8, 4) is 0 Å². The van der Waals surface area contributed by atoms with Gasteiger partial charge in [-0.15, -0.1) is 0 Å². The smallest absolute Gasteiger partial charge is 0.351 e. The van der Waals surface area contributed by atoms with Gasteiger partial charge in [-0.1, -0.05) is 0 Å². The minimum atomic E-state index is -1.68. The van der Waals surface area contributed by atoms with Crippen molar-refractivity contribution in [1.82, 2.24) is 14.5 Å². The third-order valence-corrected chi connectivity index (χ3v) is 3.61. The van der Waals surface area contributed by atoms with Gasteiger partial charge in [0.25, 0.3) is 0 Å². The van der Waals surface area contributed by atoms with Gasteiger partial charge < -0.3 is 25.0 Å². The number of nitrogens with one attached hydrogen (secondary N) is 1. The zero-order valence-corrected chi connectivity index (χ0v) is 11.3. The van der Waals surface area contributed by atoms with E-state index in [1.807, 2.05) is 4.98 Å². The number of ether oxygens (including phenoxy) is 1. The molecular formula is C12H11F2N3O6. The highest BCUT2D eigenvalue weighted by atomic mass is 19.2. The van der Waals surface area contributed by atoms with Crippen LogP contribution < -0.4 is 11.1 Å². The van der Waals surface area contributed by atoms with Crippen LogP contribution in [0.15, 0.2) is 15.8 Å². The van der Waals surface area contributed by atoms with Gasteiger partial charge in [0, 0.05) is 6.20 Å². The summed E-state index contributed by atoms with van der Waals surface area (Å²) in [6.45, 7) is -0.620. The molecule has 1 aliphatic heterocycles. The van der Waals surface area contributed by atoms with Crippen LogP contribution in [0.5, 0.6) is 0 Å². The molecule has 4 atom stereocenters. The molecule has 3 heterocycles. The lowest BCUT2D eigenvalue weighted by molar-refractivity contribution is -0.0547. The third kappa shape index (κ3) is 2.34. The lowest BCUT2D eigenvalue weighted by atomic mass is 10.1. The van der Waals surface area contributed by atoms with E-state index in [1.54, 1.807) is 0 Å². The monoisotopic (exact) mass is 331 g/mol. The van der Waals surface area contributed by atoms with E-state index in [0.29, 0.717) is 4.57 Å². The van der Waals surface area contributed by atoms with E-state index in [2.05, 4.69) is 4.98 Å². The molecule has 1 unspecified atom stereocenters. The Morgan fingerprint density at radius 2 is 2.00 bits per heavy atom. The first-order valence-corrected chi connectivity index (χ1v) is 6.47. The van der Waals surface area contributed by atoms with Crippen molar-refractivity contribution in [3.05, 3.63) is 38.7 Å². The normalized spacial score (nSPS) is 27.7. The van der Waals surface area contributed by atoms with Gasteiger partial charge in [0.05, 0.1) is 12.0 Å². The second-order valence-corrected chi connectivity index (χ2v) is 5.00. The van der Waals surface area contributed by atoms with Crippen molar-refractivity contribution >= 4 is 11.0 Å². The van der Waals surface area contributed by atoms with Gasteiger partial charge in [-0.2, -0.15) is 13.8 Å². The van der Waals surface area contributed by atoms with Crippen molar-refractivity contribution in [2.45, 2.75) is 24.5 Å². The maximum absolute atomic E-state index is 13.3. The Hall–Kier alpha value is -2.21. The van der Waals surface area contributed by atoms with E-state index < -0.39 is 65.1 Å². The van der Waals surface area contributed by atoms with Gasteiger partial charge in [0.15, 0.2) is 11.9 Å². The fourth-order valence-electron chi connectivity index (χ4n) is 2.40. The van der Waals surface area contributed by atoms with Crippen LogP contribution in [0, 0.1) is 11.8 Å². The molecule has 0 aromatic carbocycles. The molecule has 0 radical (unpaired) electrons. The summed E-state index contributed by atoms with van der Waals surface area (Å²) < 4.78 is 32.3. The summed E-state index contributed by atoms with van der Waals surface area (Å²) in [5.74, 6) is -3.23. The highest BCUT2D eigenvalue weighted by Crippen LogP contribution is 2.28. The van der Waals surface area contributed by atoms with Crippen LogP contribution in [-0.4, -0.2) is 54.8 Å². The molecule has 1 aliphatic rings. The Bertz CT molecular complexity index is 881. The van der Waals surface area contributed by atoms with Crippen molar-refractivity contribution < 1.29 is 28.8 Å². The van der Waals surface area contributed by atoms with E-state index in [9.17, 15) is 28.6 Å². The van der Waals surface area contributed by atoms with Gasteiger partial charge >= 0.3 is 5.69 Å². The standard InChI is InChI=1S/C12H11F2N3O6/c13-5-6(19)3-1-17(12(22)16-10(3)15-9(5)14)11-8(21)7(20)4(2-18)23-11/h1,4,7-8,11,18,20-21H,2H2,(H,15,16,22)/t4-,7?,8+,11-/m1/s1. The largest absolute Gasteiger partial charge is 0.394 e. The van der Waals surface area contributed by atoms with Crippen LogP contribution in [0.4, 0.5) is 8.78 Å². The molecule has 1 fully saturated rings. The molecule has 2 aromatic rings. The average molecular weight is 331 g/mol. The Morgan fingerprint density at radius 3 is 2.61 bits per heavy atom. The van der Waals surface area contributed by atoms with E-state index in [4.69, 9.17) is 9.84 Å². The Kier molecular flexibility index (Phi) is 3.72. The molecule has 0 saturated carbocycles. The topological polar surface area (TPSA) is 138 Å². The maximum Gasteiger partial charge on any atom is 0.351 e. The van der Waals surface area contributed by atoms with Crippen LogP contribution in [0.1, 0.15) is 6.23 Å². The molecule has 2 aromatic heterocycles. The molecule has 0 amide bonds. The number of nitrogens with zero attached hydrogens (tertiary/aromatic N) is 2. The molecule has 0 bridgehead atoms. The average Bonchev–Trinajstić information content (AvgIpc) is 2.80. The first kappa shape index (κ1) is 15.7. The number of fused-ring (bicyclic) bond motifs is 1. The number of hydrogen-bond donors (Lipinski definition) is 4. The van der Waals surface area contributed by atoms with Crippen LogP contribution >= 0.6 is 0 Å². The number of aromatic amines is 1. The lowest BCUT2D eigenvalue weighted by Crippen LogP contribution is -2.36. The summed E-state index contributed by atoms with van der Waals surface area (Å²) >= 11 is 0. The second-order valence-electron chi connectivity index (χ2n) is 5.00. The molecule has 4 N–H and O–H groups in total. The third-order valence-electron chi connectivity index (χ3n) is 3.61. The molecule has 124 valence electrons. The molecular weight excluding hydrogens is 320 g/mol. The van der Waals surface area contributed by atoms with Crippen molar-refractivity contribution in [2.75, 3.05) is 6.61 Å². The van der Waals surface area contributed by atoms with E-state index in [0.717, 1.165) is 6.20 Å². The first-order chi connectivity index (χ1) is 10.8. The van der Waals surface area contributed by atoms with E-state index >= 15 is 0 Å². The van der Waals surface area contributed by atoms with Gasteiger partial charge in [-0.25, -0.2) is 4.79 Å². The van der Waals surface area contributed by atoms with Gasteiger partial charge in [-0.05, 0) is 0 Å². The highest BCUT2D eigenvalue weighted by Gasteiger charge is 2.43. The van der Waals surface area contributed by atoms with Gasteiger partial charge in [-0.3, -0.25) is 9.36 Å². The summed E-state index contributed by atoms with van der Waals surface area (Å²) in [7, 11) is 0. The van der Waals surface area contributed by atoms with Crippen LogP contribution in [0.25, 0.3) is 11.0 Å². The number of H-pyrrole nitrogens is 1.